The van der Waals surface area contributed by atoms with Crippen LogP contribution in [0.1, 0.15) is 18.0 Å². The van der Waals surface area contributed by atoms with Gasteiger partial charge in [-0.15, -0.1) is 24.8 Å². The Kier molecular flexibility index (Phi) is 10.5. The van der Waals surface area contributed by atoms with E-state index in [1.54, 1.807) is 0 Å². The minimum atomic E-state index is -0.0182. The Morgan fingerprint density at radius 2 is 1.90 bits per heavy atom. The molecule has 118 valence electrons. The van der Waals surface area contributed by atoms with Crippen LogP contribution >= 0.6 is 70.0 Å². The van der Waals surface area contributed by atoms with Gasteiger partial charge in [0, 0.05) is 35.3 Å². The number of rotatable bonds is 3. The fourth-order valence-corrected chi connectivity index (χ4v) is 4.25. The maximum atomic E-state index is 10.3. The van der Waals surface area contributed by atoms with Gasteiger partial charge in [0.1, 0.15) is 5.75 Å². The molecule has 2 N–H and O–H groups in total. The van der Waals surface area contributed by atoms with Crippen molar-refractivity contribution >= 4 is 70.0 Å². The predicted molar refractivity (Wildman–Crippen MR) is 105 cm³/mol. The van der Waals surface area contributed by atoms with Gasteiger partial charge < -0.3 is 10.4 Å². The molecule has 0 saturated carbocycles. The molecular weight excluding hydrogens is 539 g/mol. The second kappa shape index (κ2) is 10.3. The van der Waals surface area contributed by atoms with Gasteiger partial charge >= 0.3 is 0 Å². The zero-order chi connectivity index (χ0) is 13.8. The fourth-order valence-electron chi connectivity index (χ4n) is 2.36. The van der Waals surface area contributed by atoms with Crippen molar-refractivity contribution in [1.29, 1.82) is 5.26 Å². The van der Waals surface area contributed by atoms with E-state index < -0.39 is 0 Å². The lowest BCUT2D eigenvalue weighted by Gasteiger charge is -2.34. The van der Waals surface area contributed by atoms with Crippen molar-refractivity contribution in [3.63, 3.8) is 0 Å². The van der Waals surface area contributed by atoms with Crippen molar-refractivity contribution < 1.29 is 5.11 Å². The van der Waals surface area contributed by atoms with Gasteiger partial charge in [-0.1, -0.05) is 0 Å². The minimum absolute atomic E-state index is 0. The van der Waals surface area contributed by atoms with Gasteiger partial charge in [0.25, 0.3) is 0 Å². The summed E-state index contributed by atoms with van der Waals surface area (Å²) < 4.78 is 1.94. The van der Waals surface area contributed by atoms with Gasteiger partial charge in [0.05, 0.1) is 22.1 Å². The number of phenolic OH excluding ortho intramolecular Hbond substituents is 1. The smallest absolute Gasteiger partial charge is 0.133 e. The Hall–Kier alpha value is 0.470. The number of halogens is 4. The quantitative estimate of drug-likeness (QED) is 0.562. The van der Waals surface area contributed by atoms with Gasteiger partial charge in [-0.3, -0.25) is 4.90 Å². The topological polar surface area (TPSA) is 59.3 Å². The Morgan fingerprint density at radius 1 is 1.29 bits per heavy atom. The molecule has 1 saturated heterocycles. The third-order valence-electron chi connectivity index (χ3n) is 3.29. The molecule has 0 unspecified atom stereocenters. The highest BCUT2D eigenvalue weighted by Gasteiger charge is 2.25. The number of aromatic hydroxyl groups is 1. The van der Waals surface area contributed by atoms with Crippen LogP contribution in [0.25, 0.3) is 0 Å². The number of hydrogen-bond acceptors (Lipinski definition) is 4. The number of hydrogen-bond donors (Lipinski definition) is 2. The monoisotopic (exact) mass is 555 g/mol. The van der Waals surface area contributed by atoms with Crippen LogP contribution in [-0.2, 0) is 0 Å². The van der Waals surface area contributed by atoms with Crippen molar-refractivity contribution in [3.8, 4) is 11.8 Å². The molecule has 1 aromatic rings. The third-order valence-corrected chi connectivity index (χ3v) is 4.74. The normalized spacial score (nSPS) is 16.2. The summed E-state index contributed by atoms with van der Waals surface area (Å²) in [4.78, 5) is 2.28. The molecule has 1 aliphatic rings. The molecule has 1 aliphatic heterocycles. The van der Waals surface area contributed by atoms with E-state index in [1.165, 1.54) is 0 Å². The van der Waals surface area contributed by atoms with E-state index in [1.807, 2.05) is 12.1 Å². The zero-order valence-corrected chi connectivity index (χ0v) is 17.1. The van der Waals surface area contributed by atoms with Crippen LogP contribution in [0.4, 0.5) is 0 Å². The standard InChI is InChI=1S/C13H15I2N3O.2ClH/c14-9-7-10(13(19)11(15)8-9)12(1-2-16)18-5-3-17-4-6-18;;/h7-8,12,17,19H,1,3-6H2;2*1H/t12-;;/m0../s1. The molecule has 0 amide bonds. The van der Waals surface area contributed by atoms with Crippen molar-refractivity contribution in [2.45, 2.75) is 12.5 Å². The molecule has 1 fully saturated rings. The van der Waals surface area contributed by atoms with Crippen molar-refractivity contribution in [2.24, 2.45) is 0 Å². The van der Waals surface area contributed by atoms with Gasteiger partial charge in [-0.2, -0.15) is 5.26 Å². The summed E-state index contributed by atoms with van der Waals surface area (Å²) in [6.07, 6.45) is 0.406. The first kappa shape index (κ1) is 21.5. The number of phenols is 1. The fraction of sp³-hybridized carbons (Fsp3) is 0.462. The first-order valence-corrected chi connectivity index (χ1v) is 8.29. The summed E-state index contributed by atoms with van der Waals surface area (Å²) >= 11 is 4.39. The molecular formula is C13H17Cl2I2N3O. The highest BCUT2D eigenvalue weighted by atomic mass is 127. The zero-order valence-electron chi connectivity index (χ0n) is 11.2. The van der Waals surface area contributed by atoms with Crippen molar-refractivity contribution in [3.05, 3.63) is 24.8 Å². The van der Waals surface area contributed by atoms with E-state index in [-0.39, 0.29) is 30.9 Å². The van der Waals surface area contributed by atoms with E-state index in [0.717, 1.165) is 38.9 Å². The summed E-state index contributed by atoms with van der Waals surface area (Å²) in [6, 6.07) is 6.17. The highest BCUT2D eigenvalue weighted by Crippen LogP contribution is 2.35. The van der Waals surface area contributed by atoms with Gasteiger partial charge in [0.15, 0.2) is 0 Å². The lowest BCUT2D eigenvalue weighted by molar-refractivity contribution is 0.173. The molecule has 2 rings (SSSR count). The lowest BCUT2D eigenvalue weighted by atomic mass is 10.0. The average Bonchev–Trinajstić information content (AvgIpc) is 2.41. The summed E-state index contributed by atoms with van der Waals surface area (Å²) in [5, 5.41) is 22.7. The maximum Gasteiger partial charge on any atom is 0.133 e. The van der Waals surface area contributed by atoms with Crippen LogP contribution in [0.5, 0.6) is 5.75 Å². The molecule has 1 atom stereocenters. The summed E-state index contributed by atoms with van der Waals surface area (Å²) in [5.41, 5.74) is 0.875. The van der Waals surface area contributed by atoms with E-state index in [2.05, 4.69) is 61.5 Å². The molecule has 0 radical (unpaired) electrons. The summed E-state index contributed by atoms with van der Waals surface area (Å²) in [5.74, 6) is 0.319. The van der Waals surface area contributed by atoms with Crippen LogP contribution in [0.15, 0.2) is 12.1 Å². The number of nitriles is 1. The van der Waals surface area contributed by atoms with Crippen molar-refractivity contribution in [1.82, 2.24) is 10.2 Å². The number of nitrogens with one attached hydrogen (secondary N) is 1. The molecule has 4 nitrogen and oxygen atoms in total. The van der Waals surface area contributed by atoms with Gasteiger partial charge in [0.2, 0.25) is 0 Å². The second-order valence-electron chi connectivity index (χ2n) is 4.49. The first-order chi connectivity index (χ1) is 9.13. The molecule has 8 heteroatoms. The summed E-state index contributed by atoms with van der Waals surface area (Å²) in [7, 11) is 0. The largest absolute Gasteiger partial charge is 0.506 e. The van der Waals surface area contributed by atoms with Crippen LogP contribution < -0.4 is 5.32 Å². The van der Waals surface area contributed by atoms with Gasteiger partial charge in [-0.05, 0) is 57.3 Å². The van der Waals surface area contributed by atoms with Crippen molar-refractivity contribution in [2.75, 3.05) is 26.2 Å². The van der Waals surface area contributed by atoms with E-state index >= 15 is 0 Å². The molecule has 1 aromatic carbocycles. The van der Waals surface area contributed by atoms with Gasteiger partial charge in [-0.25, -0.2) is 0 Å². The third kappa shape index (κ3) is 5.55. The maximum absolute atomic E-state index is 10.3. The average molecular weight is 556 g/mol. The Morgan fingerprint density at radius 3 is 2.48 bits per heavy atom. The molecule has 21 heavy (non-hydrogen) atoms. The summed E-state index contributed by atoms with van der Waals surface area (Å²) in [6.45, 7) is 3.69. The molecule has 0 spiro atoms. The molecule has 0 aliphatic carbocycles. The van der Waals surface area contributed by atoms with Crippen LogP contribution in [-0.4, -0.2) is 36.2 Å². The number of piperazine rings is 1. The molecule has 1 heterocycles. The Bertz CT molecular complexity index is 505. The Balaban J connectivity index is 0.00000200. The van der Waals surface area contributed by atoms with E-state index in [4.69, 9.17) is 5.26 Å². The van der Waals surface area contributed by atoms with E-state index in [0.29, 0.717) is 12.2 Å². The SMILES string of the molecule is Cl.Cl.N#CC[C@@H](c1cc(I)cc(I)c1O)N1CCNCC1. The van der Waals surface area contributed by atoms with Crippen LogP contribution in [0.3, 0.4) is 0 Å². The number of nitrogens with zero attached hydrogens (tertiary/aromatic N) is 2. The van der Waals surface area contributed by atoms with Crippen LogP contribution in [0, 0.1) is 18.5 Å². The molecule has 0 aromatic heterocycles. The van der Waals surface area contributed by atoms with Crippen LogP contribution in [0.2, 0.25) is 0 Å². The van der Waals surface area contributed by atoms with E-state index in [9.17, 15) is 5.11 Å². The number of benzene rings is 1. The first-order valence-electron chi connectivity index (χ1n) is 6.13. The predicted octanol–water partition coefficient (Wildman–Crippen LogP) is 3.30. The highest BCUT2D eigenvalue weighted by molar-refractivity contribution is 14.1. The Labute approximate surface area is 164 Å². The lowest BCUT2D eigenvalue weighted by Crippen LogP contribution is -2.45. The minimum Gasteiger partial charge on any atom is -0.506 e. The second-order valence-corrected chi connectivity index (χ2v) is 6.90. The molecule has 0 bridgehead atoms.